The normalized spacial score (nSPS) is 10.9. The van der Waals surface area contributed by atoms with Gasteiger partial charge in [0, 0.05) is 28.6 Å². The van der Waals surface area contributed by atoms with E-state index < -0.39 is 5.63 Å². The van der Waals surface area contributed by atoms with Gasteiger partial charge in [0.05, 0.1) is 0 Å². The molecule has 25 heavy (non-hydrogen) atoms. The van der Waals surface area contributed by atoms with Crippen molar-refractivity contribution in [2.24, 2.45) is 0 Å². The molecule has 2 aromatic carbocycles. The molecule has 128 valence electrons. The summed E-state index contributed by atoms with van der Waals surface area (Å²) in [4.78, 5) is 24.2. The standard InChI is InChI=1S/C20H18ClNO3/c1-11-5-4-6-14(7-11)20(24)22-10-15-9-17(23)25-16-8-12(2)19(21)13(3)18(15)16/h4-9H,10H2,1-3H3,(H,22,24). The first kappa shape index (κ1) is 17.2. The van der Waals surface area contributed by atoms with Crippen LogP contribution in [0.3, 0.4) is 0 Å². The fourth-order valence-electron chi connectivity index (χ4n) is 2.96. The molecule has 0 aliphatic heterocycles. The number of hydrogen-bond donors (Lipinski definition) is 1. The quantitative estimate of drug-likeness (QED) is 0.712. The second kappa shape index (κ2) is 6.73. The van der Waals surface area contributed by atoms with Crippen molar-refractivity contribution in [3.05, 3.63) is 79.7 Å². The van der Waals surface area contributed by atoms with Crippen LogP contribution in [-0.4, -0.2) is 5.91 Å². The van der Waals surface area contributed by atoms with Gasteiger partial charge >= 0.3 is 5.63 Å². The molecule has 1 amide bonds. The second-order valence-electron chi connectivity index (χ2n) is 6.15. The van der Waals surface area contributed by atoms with Gasteiger partial charge in [-0.25, -0.2) is 4.79 Å². The number of rotatable bonds is 3. The fraction of sp³-hybridized carbons (Fsp3) is 0.200. The van der Waals surface area contributed by atoms with E-state index in [4.69, 9.17) is 16.0 Å². The predicted molar refractivity (Wildman–Crippen MR) is 99.3 cm³/mol. The summed E-state index contributed by atoms with van der Waals surface area (Å²) in [6.45, 7) is 5.89. The first-order chi connectivity index (χ1) is 11.9. The lowest BCUT2D eigenvalue weighted by atomic mass is 10.0. The van der Waals surface area contributed by atoms with Crippen LogP contribution in [0, 0.1) is 20.8 Å². The van der Waals surface area contributed by atoms with Crippen LogP contribution in [-0.2, 0) is 6.54 Å². The monoisotopic (exact) mass is 355 g/mol. The van der Waals surface area contributed by atoms with Crippen molar-refractivity contribution in [1.82, 2.24) is 5.32 Å². The summed E-state index contributed by atoms with van der Waals surface area (Å²) in [5, 5.41) is 4.26. The van der Waals surface area contributed by atoms with Gasteiger partial charge in [0.1, 0.15) is 5.58 Å². The Balaban J connectivity index is 1.97. The van der Waals surface area contributed by atoms with E-state index in [1.807, 2.05) is 39.0 Å². The summed E-state index contributed by atoms with van der Waals surface area (Å²) >= 11 is 6.34. The van der Waals surface area contributed by atoms with E-state index >= 15 is 0 Å². The summed E-state index contributed by atoms with van der Waals surface area (Å²) < 4.78 is 5.30. The van der Waals surface area contributed by atoms with Gasteiger partial charge in [-0.15, -0.1) is 0 Å². The molecule has 0 saturated heterocycles. The van der Waals surface area contributed by atoms with E-state index in [1.54, 1.807) is 12.1 Å². The molecule has 1 aromatic heterocycles. The third-order valence-corrected chi connectivity index (χ3v) is 4.77. The molecule has 0 bridgehead atoms. The molecule has 4 nitrogen and oxygen atoms in total. The van der Waals surface area contributed by atoms with Crippen molar-refractivity contribution in [2.75, 3.05) is 0 Å². The van der Waals surface area contributed by atoms with Crippen molar-refractivity contribution in [3.63, 3.8) is 0 Å². The van der Waals surface area contributed by atoms with Crippen molar-refractivity contribution in [2.45, 2.75) is 27.3 Å². The van der Waals surface area contributed by atoms with Crippen LogP contribution in [0.15, 0.2) is 45.6 Å². The maximum Gasteiger partial charge on any atom is 0.336 e. The Morgan fingerprint density at radius 1 is 1.16 bits per heavy atom. The minimum absolute atomic E-state index is 0.194. The maximum absolute atomic E-state index is 12.4. The Hall–Kier alpha value is -2.59. The lowest BCUT2D eigenvalue weighted by molar-refractivity contribution is 0.0951. The maximum atomic E-state index is 12.4. The van der Waals surface area contributed by atoms with Crippen LogP contribution in [0.2, 0.25) is 5.02 Å². The fourth-order valence-corrected chi connectivity index (χ4v) is 3.11. The Morgan fingerprint density at radius 2 is 1.92 bits per heavy atom. The third-order valence-electron chi connectivity index (χ3n) is 4.19. The van der Waals surface area contributed by atoms with Gasteiger partial charge in [-0.2, -0.15) is 0 Å². The number of carbonyl (C=O) groups is 1. The van der Waals surface area contributed by atoms with Crippen LogP contribution in [0.1, 0.15) is 32.6 Å². The average molecular weight is 356 g/mol. The number of carbonyl (C=O) groups excluding carboxylic acids is 1. The van der Waals surface area contributed by atoms with Crippen LogP contribution >= 0.6 is 11.6 Å². The zero-order valence-corrected chi connectivity index (χ0v) is 15.0. The second-order valence-corrected chi connectivity index (χ2v) is 6.53. The van der Waals surface area contributed by atoms with E-state index in [-0.39, 0.29) is 12.5 Å². The topological polar surface area (TPSA) is 59.3 Å². The molecule has 1 heterocycles. The Labute approximate surface area is 150 Å². The molecule has 3 rings (SSSR count). The summed E-state index contributed by atoms with van der Waals surface area (Å²) in [6.07, 6.45) is 0. The molecule has 0 radical (unpaired) electrons. The van der Waals surface area contributed by atoms with E-state index in [0.29, 0.717) is 21.7 Å². The molecule has 3 aromatic rings. The molecule has 0 unspecified atom stereocenters. The molecule has 0 aliphatic rings. The highest BCUT2D eigenvalue weighted by Crippen LogP contribution is 2.30. The van der Waals surface area contributed by atoms with Gasteiger partial charge in [0.25, 0.3) is 5.91 Å². The minimum Gasteiger partial charge on any atom is -0.423 e. The molecular formula is C20H18ClNO3. The van der Waals surface area contributed by atoms with Crippen LogP contribution in [0.4, 0.5) is 0 Å². The number of amides is 1. The Morgan fingerprint density at radius 3 is 2.64 bits per heavy atom. The van der Waals surface area contributed by atoms with E-state index in [1.165, 1.54) is 6.07 Å². The van der Waals surface area contributed by atoms with Gasteiger partial charge in [-0.05, 0) is 55.7 Å². The third kappa shape index (κ3) is 3.44. The predicted octanol–water partition coefficient (Wildman–Crippen LogP) is 4.30. The zero-order chi connectivity index (χ0) is 18.1. The lowest BCUT2D eigenvalue weighted by Crippen LogP contribution is -2.23. The molecule has 0 saturated carbocycles. The highest BCUT2D eigenvalue weighted by molar-refractivity contribution is 6.33. The number of hydrogen-bond acceptors (Lipinski definition) is 3. The SMILES string of the molecule is Cc1cccc(C(=O)NCc2cc(=O)oc3cc(C)c(Cl)c(C)c23)c1. The molecular weight excluding hydrogens is 338 g/mol. The average Bonchev–Trinajstić information content (AvgIpc) is 2.57. The largest absolute Gasteiger partial charge is 0.423 e. The van der Waals surface area contributed by atoms with Gasteiger partial charge in [-0.3, -0.25) is 4.79 Å². The summed E-state index contributed by atoms with van der Waals surface area (Å²) in [5.41, 5.74) is 3.98. The smallest absolute Gasteiger partial charge is 0.336 e. The first-order valence-corrected chi connectivity index (χ1v) is 8.32. The summed E-state index contributed by atoms with van der Waals surface area (Å²) in [5.74, 6) is -0.194. The molecule has 0 spiro atoms. The highest BCUT2D eigenvalue weighted by atomic mass is 35.5. The molecule has 1 N–H and O–H groups in total. The van der Waals surface area contributed by atoms with Crippen LogP contribution in [0.5, 0.6) is 0 Å². The number of fused-ring (bicyclic) bond motifs is 1. The van der Waals surface area contributed by atoms with Gasteiger partial charge in [-0.1, -0.05) is 29.3 Å². The Kier molecular flexibility index (Phi) is 4.64. The number of nitrogens with one attached hydrogen (secondary N) is 1. The number of aryl methyl sites for hydroxylation is 3. The van der Waals surface area contributed by atoms with Gasteiger partial charge < -0.3 is 9.73 Å². The van der Waals surface area contributed by atoms with Crippen molar-refractivity contribution >= 4 is 28.5 Å². The van der Waals surface area contributed by atoms with E-state index in [9.17, 15) is 9.59 Å². The highest BCUT2D eigenvalue weighted by Gasteiger charge is 2.14. The lowest BCUT2D eigenvalue weighted by Gasteiger charge is -2.12. The molecule has 5 heteroatoms. The van der Waals surface area contributed by atoms with Crippen LogP contribution in [0.25, 0.3) is 11.0 Å². The zero-order valence-electron chi connectivity index (χ0n) is 14.3. The summed E-state index contributed by atoms with van der Waals surface area (Å²) in [7, 11) is 0. The summed E-state index contributed by atoms with van der Waals surface area (Å²) in [6, 6.07) is 10.5. The van der Waals surface area contributed by atoms with E-state index in [0.717, 1.165) is 22.1 Å². The van der Waals surface area contributed by atoms with Gasteiger partial charge in [0.2, 0.25) is 0 Å². The first-order valence-electron chi connectivity index (χ1n) is 7.94. The minimum atomic E-state index is -0.451. The molecule has 0 aliphatic carbocycles. The van der Waals surface area contributed by atoms with Crippen LogP contribution < -0.4 is 10.9 Å². The van der Waals surface area contributed by atoms with Gasteiger partial charge in [0.15, 0.2) is 0 Å². The van der Waals surface area contributed by atoms with E-state index in [2.05, 4.69) is 5.32 Å². The molecule has 0 atom stereocenters. The number of benzene rings is 2. The van der Waals surface area contributed by atoms with Crippen molar-refractivity contribution in [3.8, 4) is 0 Å². The van der Waals surface area contributed by atoms with Crippen molar-refractivity contribution < 1.29 is 9.21 Å². The van der Waals surface area contributed by atoms with Crippen molar-refractivity contribution in [1.29, 1.82) is 0 Å². The number of halogens is 1. The Bertz CT molecular complexity index is 1040. The molecule has 0 fully saturated rings.